The molecule has 11 heteroatoms. The van der Waals surface area contributed by atoms with Crippen LogP contribution < -0.4 is 0 Å². The Morgan fingerprint density at radius 3 is 2.03 bits per heavy atom. The minimum absolute atomic E-state index is 0.215. The molecule has 0 bridgehead atoms. The van der Waals surface area contributed by atoms with Gasteiger partial charge < -0.3 is 33.5 Å². The molecule has 2 aliphatic rings. The van der Waals surface area contributed by atoms with Crippen molar-refractivity contribution in [3.05, 3.63) is 11.6 Å². The summed E-state index contributed by atoms with van der Waals surface area (Å²) in [6.45, 7) is 9.96. The summed E-state index contributed by atoms with van der Waals surface area (Å²) in [6, 6.07) is 0. The van der Waals surface area contributed by atoms with Gasteiger partial charge in [-0.15, -0.1) is 0 Å². The lowest BCUT2D eigenvalue weighted by atomic mass is 9.81. The molecular weight excluding hydrogens is 464 g/mol. The highest BCUT2D eigenvalue weighted by Gasteiger charge is 2.54. The summed E-state index contributed by atoms with van der Waals surface area (Å²) in [5.74, 6) is -2.57. The number of allylic oxidation sites excluding steroid dienone is 1. The molecule has 0 spiro atoms. The summed E-state index contributed by atoms with van der Waals surface area (Å²) >= 11 is 0. The van der Waals surface area contributed by atoms with Crippen LogP contribution in [0, 0.1) is 5.92 Å². The smallest absolute Gasteiger partial charge is 0.303 e. The Hall–Kier alpha value is -2.50. The molecule has 1 saturated heterocycles. The monoisotopic (exact) mass is 500 g/mol. The molecule has 0 aromatic carbocycles. The van der Waals surface area contributed by atoms with Crippen LogP contribution in [0.4, 0.5) is 0 Å². The molecule has 0 saturated carbocycles. The summed E-state index contributed by atoms with van der Waals surface area (Å²) in [4.78, 5) is 47.2. The number of carbonyl (C=O) groups excluding carboxylic acids is 4. The SMILES string of the molecule is CC(=O)OCC1OC(OC2C=C(C(C)C)CCC2(C)O)C(OC(C)=O)C(OC(C)=O)C1OC(C)=O. The van der Waals surface area contributed by atoms with Gasteiger partial charge in [-0.2, -0.15) is 0 Å². The largest absolute Gasteiger partial charge is 0.463 e. The molecule has 198 valence electrons. The predicted molar refractivity (Wildman–Crippen MR) is 120 cm³/mol. The van der Waals surface area contributed by atoms with Crippen LogP contribution in [-0.2, 0) is 47.6 Å². The molecule has 7 atom stereocenters. The van der Waals surface area contributed by atoms with Crippen LogP contribution in [0.25, 0.3) is 0 Å². The van der Waals surface area contributed by atoms with Crippen LogP contribution in [0.2, 0.25) is 0 Å². The van der Waals surface area contributed by atoms with Crippen molar-refractivity contribution in [2.45, 2.75) is 104 Å². The molecule has 2 rings (SSSR count). The van der Waals surface area contributed by atoms with E-state index < -0.39 is 66.3 Å². The highest BCUT2D eigenvalue weighted by atomic mass is 16.7. The number of rotatable bonds is 8. The average Bonchev–Trinajstić information content (AvgIpc) is 2.71. The van der Waals surface area contributed by atoms with Crippen molar-refractivity contribution < 1.29 is 52.7 Å². The third kappa shape index (κ3) is 8.01. The number of ether oxygens (including phenoxy) is 6. The minimum Gasteiger partial charge on any atom is -0.463 e. The third-order valence-corrected chi connectivity index (χ3v) is 5.87. The molecular formula is C24H36O11. The van der Waals surface area contributed by atoms with E-state index in [0.717, 1.165) is 26.3 Å². The zero-order valence-corrected chi connectivity index (χ0v) is 21.3. The molecule has 0 amide bonds. The standard InChI is InChI=1S/C24H36O11/c1-12(2)17-8-9-24(7,29)19(10-17)35-23-22(33-16(6)28)21(32-15(5)27)20(31-14(4)26)18(34-23)11-30-13(3)25/h10,12,18-23,29H,8-9,11H2,1-7H3. The van der Waals surface area contributed by atoms with Gasteiger partial charge in [-0.05, 0) is 25.7 Å². The van der Waals surface area contributed by atoms with Gasteiger partial charge in [-0.25, -0.2) is 0 Å². The molecule has 1 fully saturated rings. The van der Waals surface area contributed by atoms with Gasteiger partial charge in [0.25, 0.3) is 0 Å². The fourth-order valence-electron chi connectivity index (χ4n) is 4.11. The molecule has 1 heterocycles. The zero-order valence-electron chi connectivity index (χ0n) is 21.3. The van der Waals surface area contributed by atoms with Gasteiger partial charge in [0, 0.05) is 27.7 Å². The lowest BCUT2D eigenvalue weighted by molar-refractivity contribution is -0.322. The second kappa shape index (κ2) is 12.0. The number of hydrogen-bond donors (Lipinski definition) is 1. The van der Waals surface area contributed by atoms with Gasteiger partial charge in [0.1, 0.15) is 18.8 Å². The van der Waals surface area contributed by atoms with Gasteiger partial charge in [0.05, 0.1) is 5.60 Å². The molecule has 0 radical (unpaired) electrons. The first-order valence-corrected chi connectivity index (χ1v) is 11.6. The first kappa shape index (κ1) is 28.7. The Morgan fingerprint density at radius 2 is 1.51 bits per heavy atom. The van der Waals surface area contributed by atoms with E-state index in [2.05, 4.69) is 0 Å². The van der Waals surface area contributed by atoms with E-state index >= 15 is 0 Å². The van der Waals surface area contributed by atoms with Crippen LogP contribution >= 0.6 is 0 Å². The predicted octanol–water partition coefficient (Wildman–Crippen LogP) is 1.58. The summed E-state index contributed by atoms with van der Waals surface area (Å²) < 4.78 is 33.4. The lowest BCUT2D eigenvalue weighted by Crippen LogP contribution is -2.64. The van der Waals surface area contributed by atoms with Crippen molar-refractivity contribution in [2.75, 3.05) is 6.61 Å². The van der Waals surface area contributed by atoms with Crippen molar-refractivity contribution >= 4 is 23.9 Å². The molecule has 7 unspecified atom stereocenters. The Kier molecular flexibility index (Phi) is 9.82. The van der Waals surface area contributed by atoms with Gasteiger partial charge >= 0.3 is 23.9 Å². The molecule has 11 nitrogen and oxygen atoms in total. The van der Waals surface area contributed by atoms with Crippen molar-refractivity contribution in [1.82, 2.24) is 0 Å². The van der Waals surface area contributed by atoms with Gasteiger partial charge in [0.15, 0.2) is 24.6 Å². The first-order chi connectivity index (χ1) is 16.2. The van der Waals surface area contributed by atoms with Crippen molar-refractivity contribution in [1.29, 1.82) is 0 Å². The molecule has 1 N–H and O–H groups in total. The van der Waals surface area contributed by atoms with Crippen molar-refractivity contribution in [3.8, 4) is 0 Å². The lowest BCUT2D eigenvalue weighted by Gasteiger charge is -2.46. The fourth-order valence-corrected chi connectivity index (χ4v) is 4.11. The topological polar surface area (TPSA) is 144 Å². The van der Waals surface area contributed by atoms with Crippen molar-refractivity contribution in [3.63, 3.8) is 0 Å². The average molecular weight is 501 g/mol. The van der Waals surface area contributed by atoms with Crippen molar-refractivity contribution in [2.24, 2.45) is 5.92 Å². The maximum atomic E-state index is 12.0. The normalized spacial score (nSPS) is 32.9. The maximum absolute atomic E-state index is 12.0. The summed E-state index contributed by atoms with van der Waals surface area (Å²) in [5.41, 5.74) is -0.190. The van der Waals surface area contributed by atoms with Crippen LogP contribution in [0.3, 0.4) is 0 Å². The fraction of sp³-hybridized carbons (Fsp3) is 0.750. The van der Waals surface area contributed by atoms with E-state index in [1.54, 1.807) is 6.92 Å². The Morgan fingerprint density at radius 1 is 0.971 bits per heavy atom. The van der Waals surface area contributed by atoms with E-state index in [1.165, 1.54) is 6.92 Å². The minimum atomic E-state index is -1.35. The van der Waals surface area contributed by atoms with Crippen LogP contribution in [0.1, 0.15) is 61.3 Å². The Balaban J connectivity index is 2.49. The molecule has 0 aromatic rings. The highest BCUT2D eigenvalue weighted by Crippen LogP contribution is 2.36. The number of esters is 4. The first-order valence-electron chi connectivity index (χ1n) is 11.6. The van der Waals surface area contributed by atoms with Gasteiger partial charge in [-0.3, -0.25) is 19.2 Å². The highest BCUT2D eigenvalue weighted by molar-refractivity contribution is 5.68. The van der Waals surface area contributed by atoms with E-state index in [1.807, 2.05) is 19.9 Å². The number of aliphatic hydroxyl groups is 1. The van der Waals surface area contributed by atoms with Crippen LogP contribution in [0.5, 0.6) is 0 Å². The van der Waals surface area contributed by atoms with E-state index in [4.69, 9.17) is 28.4 Å². The molecule has 1 aliphatic heterocycles. The van der Waals surface area contributed by atoms with Gasteiger partial charge in [0.2, 0.25) is 0 Å². The summed E-state index contributed by atoms with van der Waals surface area (Å²) in [5, 5.41) is 11.0. The Labute approximate surface area is 205 Å². The van der Waals surface area contributed by atoms with E-state index in [9.17, 15) is 24.3 Å². The summed E-state index contributed by atoms with van der Waals surface area (Å²) in [7, 11) is 0. The van der Waals surface area contributed by atoms with E-state index in [-0.39, 0.29) is 12.5 Å². The Bertz CT molecular complexity index is 831. The third-order valence-electron chi connectivity index (χ3n) is 5.87. The zero-order chi connectivity index (χ0) is 26.5. The second-order valence-electron chi connectivity index (χ2n) is 9.38. The quantitative estimate of drug-likeness (QED) is 0.295. The van der Waals surface area contributed by atoms with E-state index in [0.29, 0.717) is 12.8 Å². The number of carbonyl (C=O) groups is 4. The second-order valence-corrected chi connectivity index (χ2v) is 9.38. The van der Waals surface area contributed by atoms with Gasteiger partial charge in [-0.1, -0.05) is 25.5 Å². The number of hydrogen-bond acceptors (Lipinski definition) is 11. The molecule has 35 heavy (non-hydrogen) atoms. The summed E-state index contributed by atoms with van der Waals surface area (Å²) in [6.07, 6.45) is -4.35. The van der Waals surface area contributed by atoms with Crippen LogP contribution in [0.15, 0.2) is 11.6 Å². The molecule has 0 aromatic heterocycles. The van der Waals surface area contributed by atoms with Crippen LogP contribution in [-0.4, -0.2) is 78.0 Å². The molecule has 1 aliphatic carbocycles. The maximum Gasteiger partial charge on any atom is 0.303 e.